The molecule has 0 amide bonds. The highest BCUT2D eigenvalue weighted by Gasteiger charge is 2.17. The number of halogens is 1. The minimum Gasteiger partial charge on any atom is -0.495 e. The van der Waals surface area contributed by atoms with Crippen molar-refractivity contribution < 1.29 is 13.9 Å². The van der Waals surface area contributed by atoms with E-state index in [-0.39, 0.29) is 0 Å². The maximum atomic E-state index is 6.47. The van der Waals surface area contributed by atoms with E-state index in [1.54, 1.807) is 7.11 Å². The van der Waals surface area contributed by atoms with E-state index in [0.717, 1.165) is 36.3 Å². The summed E-state index contributed by atoms with van der Waals surface area (Å²) in [7, 11) is 1.62. The normalized spacial score (nSPS) is 12.4. The maximum absolute atomic E-state index is 6.47. The second-order valence-corrected chi connectivity index (χ2v) is 7.61. The van der Waals surface area contributed by atoms with E-state index in [2.05, 4.69) is 33.8 Å². The third-order valence-electron chi connectivity index (χ3n) is 5.24. The average molecular weight is 393 g/mol. The second kappa shape index (κ2) is 10.7. The number of methoxy groups -OCH3 is 1. The van der Waals surface area contributed by atoms with Gasteiger partial charge in [-0.1, -0.05) is 65.0 Å². The van der Waals surface area contributed by atoms with Gasteiger partial charge in [0.15, 0.2) is 0 Å². The molecule has 2 aromatic rings. The molecule has 1 aromatic heterocycles. The van der Waals surface area contributed by atoms with Gasteiger partial charge >= 0.3 is 0 Å². The summed E-state index contributed by atoms with van der Waals surface area (Å²) in [6, 6.07) is 7.95. The van der Waals surface area contributed by atoms with Gasteiger partial charge in [-0.25, -0.2) is 0 Å². The van der Waals surface area contributed by atoms with Crippen LogP contribution in [0.4, 0.5) is 0 Å². The molecule has 0 saturated heterocycles. The summed E-state index contributed by atoms with van der Waals surface area (Å²) in [6.07, 6.45) is 5.71. The Hall–Kier alpha value is -1.61. The molecule has 27 heavy (non-hydrogen) atoms. The zero-order valence-corrected chi connectivity index (χ0v) is 18.1. The van der Waals surface area contributed by atoms with Crippen LogP contribution >= 0.6 is 11.6 Å². The standard InChI is InChI=1S/C23H33ClO3/c1-6-9-10-16(4)19-11-12-20(27-19)18-13-21(25-5)23(24)22(14-18)26-15-17(7-2)8-3/h11-14,16-17H,6-10,15H2,1-5H3. The Bertz CT molecular complexity index is 704. The number of unbranched alkanes of at least 4 members (excludes halogenated alkanes) is 1. The van der Waals surface area contributed by atoms with Crippen LogP contribution in [0.25, 0.3) is 11.3 Å². The molecule has 0 fully saturated rings. The molecule has 0 N–H and O–H groups in total. The first-order valence-electron chi connectivity index (χ1n) is 10.1. The van der Waals surface area contributed by atoms with E-state index < -0.39 is 0 Å². The molecule has 0 radical (unpaired) electrons. The van der Waals surface area contributed by atoms with Gasteiger partial charge < -0.3 is 13.9 Å². The van der Waals surface area contributed by atoms with Crippen LogP contribution in [-0.2, 0) is 0 Å². The molecular weight excluding hydrogens is 360 g/mol. The van der Waals surface area contributed by atoms with Crippen LogP contribution in [0.1, 0.15) is 71.5 Å². The van der Waals surface area contributed by atoms with Crippen LogP contribution in [0.2, 0.25) is 5.02 Å². The molecule has 2 rings (SSSR count). The van der Waals surface area contributed by atoms with Crippen molar-refractivity contribution in [2.45, 2.75) is 65.7 Å². The lowest BCUT2D eigenvalue weighted by Gasteiger charge is -2.16. The van der Waals surface area contributed by atoms with Gasteiger partial charge in [-0.05, 0) is 36.6 Å². The van der Waals surface area contributed by atoms with Crippen LogP contribution < -0.4 is 9.47 Å². The lowest BCUT2D eigenvalue weighted by molar-refractivity contribution is 0.240. The average Bonchev–Trinajstić information content (AvgIpc) is 3.18. The van der Waals surface area contributed by atoms with Crippen molar-refractivity contribution in [3.05, 3.63) is 35.0 Å². The van der Waals surface area contributed by atoms with Crippen molar-refractivity contribution in [1.29, 1.82) is 0 Å². The molecule has 1 aromatic carbocycles. The Morgan fingerprint density at radius 3 is 2.41 bits per heavy atom. The number of rotatable bonds is 11. The third-order valence-corrected chi connectivity index (χ3v) is 5.62. The monoisotopic (exact) mass is 392 g/mol. The van der Waals surface area contributed by atoms with Crippen molar-refractivity contribution in [2.24, 2.45) is 5.92 Å². The van der Waals surface area contributed by atoms with Crippen LogP contribution in [0, 0.1) is 5.92 Å². The molecule has 0 aliphatic rings. The van der Waals surface area contributed by atoms with E-state index in [4.69, 9.17) is 25.5 Å². The first-order valence-corrected chi connectivity index (χ1v) is 10.5. The molecule has 0 spiro atoms. The Morgan fingerprint density at radius 2 is 1.78 bits per heavy atom. The Morgan fingerprint density at radius 1 is 1.07 bits per heavy atom. The fraction of sp³-hybridized carbons (Fsp3) is 0.565. The molecule has 4 heteroatoms. The largest absolute Gasteiger partial charge is 0.495 e. The Balaban J connectivity index is 2.26. The summed E-state index contributed by atoms with van der Waals surface area (Å²) in [5, 5.41) is 0.510. The third kappa shape index (κ3) is 5.68. The molecule has 0 saturated carbocycles. The van der Waals surface area contributed by atoms with Gasteiger partial charge in [0.2, 0.25) is 0 Å². The second-order valence-electron chi connectivity index (χ2n) is 7.23. The lowest BCUT2D eigenvalue weighted by Crippen LogP contribution is -2.10. The predicted octanol–water partition coefficient (Wildman–Crippen LogP) is 7.72. The molecule has 0 bridgehead atoms. The smallest absolute Gasteiger partial charge is 0.142 e. The van der Waals surface area contributed by atoms with Crippen LogP contribution in [0.3, 0.4) is 0 Å². The number of hydrogen-bond acceptors (Lipinski definition) is 3. The Kier molecular flexibility index (Phi) is 8.56. The fourth-order valence-electron chi connectivity index (χ4n) is 3.13. The molecule has 1 heterocycles. The van der Waals surface area contributed by atoms with Crippen LogP contribution in [-0.4, -0.2) is 13.7 Å². The summed E-state index contributed by atoms with van der Waals surface area (Å²) >= 11 is 6.47. The first-order chi connectivity index (χ1) is 13.0. The van der Waals surface area contributed by atoms with Gasteiger partial charge in [0.05, 0.1) is 13.7 Å². The van der Waals surface area contributed by atoms with Crippen molar-refractivity contribution >= 4 is 11.6 Å². The van der Waals surface area contributed by atoms with Crippen LogP contribution in [0.15, 0.2) is 28.7 Å². The van der Waals surface area contributed by atoms with E-state index in [0.29, 0.717) is 35.0 Å². The highest BCUT2D eigenvalue weighted by atomic mass is 35.5. The van der Waals surface area contributed by atoms with E-state index in [1.165, 1.54) is 12.8 Å². The van der Waals surface area contributed by atoms with Crippen molar-refractivity contribution in [2.75, 3.05) is 13.7 Å². The lowest BCUT2D eigenvalue weighted by atomic mass is 10.0. The molecule has 3 nitrogen and oxygen atoms in total. The summed E-state index contributed by atoms with van der Waals surface area (Å²) in [6.45, 7) is 9.44. The minimum absolute atomic E-state index is 0.415. The summed E-state index contributed by atoms with van der Waals surface area (Å²) < 4.78 is 17.6. The number of ether oxygens (including phenoxy) is 2. The van der Waals surface area contributed by atoms with Crippen molar-refractivity contribution in [3.63, 3.8) is 0 Å². The number of hydrogen-bond donors (Lipinski definition) is 0. The van der Waals surface area contributed by atoms with E-state index in [1.807, 2.05) is 18.2 Å². The van der Waals surface area contributed by atoms with Gasteiger partial charge in [-0.3, -0.25) is 0 Å². The van der Waals surface area contributed by atoms with Crippen molar-refractivity contribution in [1.82, 2.24) is 0 Å². The predicted molar refractivity (Wildman–Crippen MR) is 113 cm³/mol. The zero-order valence-electron chi connectivity index (χ0n) is 17.3. The van der Waals surface area contributed by atoms with Gasteiger partial charge in [0.25, 0.3) is 0 Å². The van der Waals surface area contributed by atoms with E-state index in [9.17, 15) is 0 Å². The quantitative estimate of drug-likeness (QED) is 0.392. The SMILES string of the molecule is CCCCC(C)c1ccc(-c2cc(OC)c(Cl)c(OCC(CC)CC)c2)o1. The van der Waals surface area contributed by atoms with Crippen molar-refractivity contribution in [3.8, 4) is 22.8 Å². The van der Waals surface area contributed by atoms with Gasteiger partial charge in [0, 0.05) is 11.5 Å². The van der Waals surface area contributed by atoms with E-state index >= 15 is 0 Å². The molecule has 1 atom stereocenters. The number of furan rings is 1. The minimum atomic E-state index is 0.415. The highest BCUT2D eigenvalue weighted by Crippen LogP contribution is 2.40. The first kappa shape index (κ1) is 21.7. The van der Waals surface area contributed by atoms with Gasteiger partial charge in [0.1, 0.15) is 28.0 Å². The maximum Gasteiger partial charge on any atom is 0.142 e. The zero-order chi connectivity index (χ0) is 19.8. The molecule has 0 aliphatic heterocycles. The molecule has 150 valence electrons. The molecule has 1 unspecified atom stereocenters. The molecule has 0 aliphatic carbocycles. The Labute approximate surface area is 169 Å². The summed E-state index contributed by atoms with van der Waals surface area (Å²) in [4.78, 5) is 0. The highest BCUT2D eigenvalue weighted by molar-refractivity contribution is 6.33. The summed E-state index contributed by atoms with van der Waals surface area (Å²) in [5.41, 5.74) is 0.921. The van der Waals surface area contributed by atoms with Gasteiger partial charge in [-0.15, -0.1) is 0 Å². The summed E-state index contributed by atoms with van der Waals surface area (Å²) in [5.74, 6) is 4.02. The van der Waals surface area contributed by atoms with Crippen LogP contribution in [0.5, 0.6) is 11.5 Å². The van der Waals surface area contributed by atoms with Gasteiger partial charge in [-0.2, -0.15) is 0 Å². The number of benzene rings is 1. The topological polar surface area (TPSA) is 31.6 Å². The fourth-order valence-corrected chi connectivity index (χ4v) is 3.37. The molecular formula is C23H33ClO3.